The molecule has 1 heterocycles. The molecule has 3 N–H and O–H groups in total. The topological polar surface area (TPSA) is 102 Å². The van der Waals surface area contributed by atoms with Crippen LogP contribution in [0.5, 0.6) is 5.75 Å². The maximum absolute atomic E-state index is 12.4. The summed E-state index contributed by atoms with van der Waals surface area (Å²) in [6, 6.07) is 4.77. The zero-order valence-corrected chi connectivity index (χ0v) is 13.4. The summed E-state index contributed by atoms with van der Waals surface area (Å²) >= 11 is 0. The summed E-state index contributed by atoms with van der Waals surface area (Å²) in [5, 5.41) is 9.50. The molecule has 0 radical (unpaired) electrons. The van der Waals surface area contributed by atoms with E-state index in [4.69, 9.17) is 21.6 Å². The molecule has 24 heavy (non-hydrogen) atoms. The Bertz CT molecular complexity index is 674. The quantitative estimate of drug-likeness (QED) is 0.749. The minimum Gasteiger partial charge on any atom is -0.496 e. The van der Waals surface area contributed by atoms with E-state index in [2.05, 4.69) is 5.92 Å². The van der Waals surface area contributed by atoms with E-state index in [1.165, 1.54) is 12.0 Å². The van der Waals surface area contributed by atoms with Gasteiger partial charge in [-0.15, -0.1) is 6.42 Å². The van der Waals surface area contributed by atoms with E-state index in [1.807, 2.05) is 0 Å². The molecule has 0 aliphatic carbocycles. The highest BCUT2D eigenvalue weighted by Gasteiger charge is 2.47. The number of amides is 2. The second-order valence-electron chi connectivity index (χ2n) is 5.45. The Morgan fingerprint density at radius 3 is 2.62 bits per heavy atom. The fraction of sp³-hybridized carbons (Fsp3) is 0.412. The number of anilines is 1. The van der Waals surface area contributed by atoms with Crippen LogP contribution >= 0.6 is 0 Å². The van der Waals surface area contributed by atoms with E-state index in [0.29, 0.717) is 30.2 Å². The summed E-state index contributed by atoms with van der Waals surface area (Å²) in [4.78, 5) is 25.9. The number of aliphatic hydroxyl groups is 1. The molecule has 0 unspecified atom stereocenters. The molecule has 0 atom stereocenters. The molecule has 0 saturated carbocycles. The SMILES string of the molecule is C#CC(=O)N(c1ccc(OC)c(CO)c1)C1(C(N)=O)CCOCC1. The average Bonchev–Trinajstić information content (AvgIpc) is 2.62. The van der Waals surface area contributed by atoms with Crippen LogP contribution in [-0.2, 0) is 20.9 Å². The first-order valence-electron chi connectivity index (χ1n) is 7.46. The van der Waals surface area contributed by atoms with E-state index in [0.717, 1.165) is 0 Å². The van der Waals surface area contributed by atoms with Crippen LogP contribution in [0.15, 0.2) is 18.2 Å². The number of carbonyl (C=O) groups is 2. The zero-order valence-electron chi connectivity index (χ0n) is 13.4. The van der Waals surface area contributed by atoms with Crippen LogP contribution in [0, 0.1) is 12.3 Å². The van der Waals surface area contributed by atoms with Crippen molar-refractivity contribution in [2.75, 3.05) is 25.2 Å². The predicted octanol–water partition coefficient (Wildman–Crippen LogP) is 0.188. The fourth-order valence-electron chi connectivity index (χ4n) is 2.94. The second kappa shape index (κ2) is 7.34. The summed E-state index contributed by atoms with van der Waals surface area (Å²) in [6.07, 6.45) is 5.80. The lowest BCUT2D eigenvalue weighted by Gasteiger charge is -2.43. The van der Waals surface area contributed by atoms with Crippen LogP contribution in [0.25, 0.3) is 0 Å². The molecule has 0 aromatic heterocycles. The van der Waals surface area contributed by atoms with Gasteiger partial charge in [-0.3, -0.25) is 14.5 Å². The molecule has 1 aliphatic heterocycles. The lowest BCUT2D eigenvalue weighted by Crippen LogP contribution is -2.62. The van der Waals surface area contributed by atoms with E-state index in [1.54, 1.807) is 18.2 Å². The summed E-state index contributed by atoms with van der Waals surface area (Å²) in [7, 11) is 1.47. The van der Waals surface area contributed by atoms with E-state index in [-0.39, 0.29) is 19.4 Å². The van der Waals surface area contributed by atoms with Gasteiger partial charge in [0.1, 0.15) is 11.3 Å². The maximum Gasteiger partial charge on any atom is 0.303 e. The van der Waals surface area contributed by atoms with Crippen molar-refractivity contribution in [2.24, 2.45) is 5.73 Å². The number of nitrogens with zero attached hydrogens (tertiary/aromatic N) is 1. The van der Waals surface area contributed by atoms with Crippen LogP contribution in [0.1, 0.15) is 18.4 Å². The number of ether oxygens (including phenoxy) is 2. The van der Waals surface area contributed by atoms with E-state index < -0.39 is 17.4 Å². The minimum absolute atomic E-state index is 0.246. The number of rotatable bonds is 5. The Morgan fingerprint density at radius 1 is 1.46 bits per heavy atom. The highest BCUT2D eigenvalue weighted by atomic mass is 16.5. The number of nitrogens with two attached hydrogens (primary N) is 1. The molecule has 2 amide bonds. The van der Waals surface area contributed by atoms with Crippen molar-refractivity contribution in [1.29, 1.82) is 0 Å². The third kappa shape index (κ3) is 3.07. The lowest BCUT2D eigenvalue weighted by molar-refractivity contribution is -0.130. The number of hydrogen-bond donors (Lipinski definition) is 2. The molecule has 1 aromatic carbocycles. The first kappa shape index (κ1) is 17.8. The number of methoxy groups -OCH3 is 1. The van der Waals surface area contributed by atoms with Crippen molar-refractivity contribution in [1.82, 2.24) is 0 Å². The van der Waals surface area contributed by atoms with Gasteiger partial charge >= 0.3 is 5.91 Å². The monoisotopic (exact) mass is 332 g/mol. The average molecular weight is 332 g/mol. The molecule has 7 heteroatoms. The van der Waals surface area contributed by atoms with Crippen LogP contribution in [-0.4, -0.2) is 42.8 Å². The maximum atomic E-state index is 12.4. The fourth-order valence-corrected chi connectivity index (χ4v) is 2.94. The van der Waals surface area contributed by atoms with E-state index >= 15 is 0 Å². The van der Waals surface area contributed by atoms with Gasteiger partial charge in [0.25, 0.3) is 0 Å². The van der Waals surface area contributed by atoms with Crippen molar-refractivity contribution in [3.63, 3.8) is 0 Å². The summed E-state index contributed by atoms with van der Waals surface area (Å²) in [6.45, 7) is 0.294. The smallest absolute Gasteiger partial charge is 0.303 e. The molecule has 2 rings (SSSR count). The minimum atomic E-state index is -1.26. The Hall–Kier alpha value is -2.56. The van der Waals surface area contributed by atoms with E-state index in [9.17, 15) is 14.7 Å². The van der Waals surface area contributed by atoms with Crippen molar-refractivity contribution in [2.45, 2.75) is 25.0 Å². The van der Waals surface area contributed by atoms with Gasteiger partial charge in [-0.25, -0.2) is 0 Å². The summed E-state index contributed by atoms with van der Waals surface area (Å²) < 4.78 is 10.5. The first-order valence-corrected chi connectivity index (χ1v) is 7.46. The second-order valence-corrected chi connectivity index (χ2v) is 5.45. The highest BCUT2D eigenvalue weighted by molar-refractivity contribution is 6.11. The predicted molar refractivity (Wildman–Crippen MR) is 87.2 cm³/mol. The molecule has 1 aliphatic rings. The third-order valence-corrected chi connectivity index (χ3v) is 4.23. The van der Waals surface area contributed by atoms with Crippen molar-refractivity contribution < 1.29 is 24.2 Å². The normalized spacial score (nSPS) is 16.0. The number of aliphatic hydroxyl groups excluding tert-OH is 1. The number of carbonyl (C=O) groups excluding carboxylic acids is 2. The Morgan fingerprint density at radius 2 is 2.12 bits per heavy atom. The Balaban J connectivity index is 2.59. The van der Waals surface area contributed by atoms with Gasteiger partial charge in [0.05, 0.1) is 13.7 Å². The third-order valence-electron chi connectivity index (χ3n) is 4.23. The Labute approximate surface area is 140 Å². The molecule has 7 nitrogen and oxygen atoms in total. The Kier molecular flexibility index (Phi) is 5.44. The number of primary amides is 1. The molecule has 1 saturated heterocycles. The molecular formula is C17H20N2O5. The van der Waals surface area contributed by atoms with Gasteiger partial charge in [-0.2, -0.15) is 0 Å². The van der Waals surface area contributed by atoms with Crippen molar-refractivity contribution >= 4 is 17.5 Å². The number of terminal acetylenes is 1. The summed E-state index contributed by atoms with van der Waals surface area (Å²) in [5.41, 5.74) is 5.21. The largest absolute Gasteiger partial charge is 0.496 e. The van der Waals surface area contributed by atoms with Crippen LogP contribution in [0.3, 0.4) is 0 Å². The number of hydrogen-bond acceptors (Lipinski definition) is 5. The highest BCUT2D eigenvalue weighted by Crippen LogP contribution is 2.35. The zero-order chi connectivity index (χ0) is 17.7. The van der Waals surface area contributed by atoms with Gasteiger partial charge in [0, 0.05) is 37.3 Å². The summed E-state index contributed by atoms with van der Waals surface area (Å²) in [5.74, 6) is 1.20. The molecule has 128 valence electrons. The molecule has 0 spiro atoms. The van der Waals surface area contributed by atoms with Crippen LogP contribution in [0.2, 0.25) is 0 Å². The molecule has 1 aromatic rings. The molecule has 0 bridgehead atoms. The van der Waals surface area contributed by atoms with Gasteiger partial charge < -0.3 is 20.3 Å². The van der Waals surface area contributed by atoms with Crippen LogP contribution < -0.4 is 15.4 Å². The van der Waals surface area contributed by atoms with Gasteiger partial charge in [0.2, 0.25) is 5.91 Å². The standard InChI is InChI=1S/C17H20N2O5/c1-3-15(21)19(17(16(18)22)6-8-24-9-7-17)13-4-5-14(23-2)12(10-13)11-20/h1,4-5,10,20H,6-9,11H2,2H3,(H2,18,22). The van der Waals surface area contributed by atoms with Crippen molar-refractivity contribution in [3.8, 4) is 18.1 Å². The lowest BCUT2D eigenvalue weighted by atomic mass is 9.86. The molecular weight excluding hydrogens is 312 g/mol. The molecule has 1 fully saturated rings. The van der Waals surface area contributed by atoms with Gasteiger partial charge in [0.15, 0.2) is 0 Å². The van der Waals surface area contributed by atoms with Crippen molar-refractivity contribution in [3.05, 3.63) is 23.8 Å². The van der Waals surface area contributed by atoms with Gasteiger partial charge in [-0.05, 0) is 24.1 Å². The first-order chi connectivity index (χ1) is 11.5. The van der Waals surface area contributed by atoms with Gasteiger partial charge in [-0.1, -0.05) is 0 Å². The van der Waals surface area contributed by atoms with Crippen LogP contribution in [0.4, 0.5) is 5.69 Å². The number of benzene rings is 1.